The maximum absolute atomic E-state index is 12.5. The van der Waals surface area contributed by atoms with E-state index in [9.17, 15) is 4.79 Å². The van der Waals surface area contributed by atoms with E-state index in [1.54, 1.807) is 31.4 Å². The molecule has 0 fully saturated rings. The number of ether oxygens (including phenoxy) is 1. The average molecular weight is 351 g/mol. The predicted octanol–water partition coefficient (Wildman–Crippen LogP) is 4.19. The number of rotatable bonds is 6. The van der Waals surface area contributed by atoms with E-state index in [1.165, 1.54) is 11.3 Å². The Balaban J connectivity index is 1.77. The van der Waals surface area contributed by atoms with Gasteiger partial charge < -0.3 is 4.74 Å². The minimum atomic E-state index is -0.233. The largest absolute Gasteiger partial charge is 0.496 e. The van der Waals surface area contributed by atoms with Gasteiger partial charge in [0.1, 0.15) is 10.8 Å². The quantitative estimate of drug-likeness (QED) is 0.676. The molecule has 1 heterocycles. The topological polar surface area (TPSA) is 64.1 Å². The predicted molar refractivity (Wildman–Crippen MR) is 100 cm³/mol. The van der Waals surface area contributed by atoms with Gasteiger partial charge >= 0.3 is 0 Å². The summed E-state index contributed by atoms with van der Waals surface area (Å²) in [6.07, 6.45) is 2.40. The molecule has 3 rings (SSSR count). The van der Waals surface area contributed by atoms with E-state index < -0.39 is 0 Å². The summed E-state index contributed by atoms with van der Waals surface area (Å²) >= 11 is 1.34. The first-order valence-corrected chi connectivity index (χ1v) is 8.51. The Bertz CT molecular complexity index is 891. The lowest BCUT2D eigenvalue weighted by Gasteiger charge is -2.09. The van der Waals surface area contributed by atoms with Crippen molar-refractivity contribution in [3.63, 3.8) is 0 Å². The lowest BCUT2D eigenvalue weighted by atomic mass is 10.1. The van der Waals surface area contributed by atoms with Crippen LogP contribution in [-0.4, -0.2) is 23.2 Å². The molecule has 0 unspecified atom stereocenters. The Morgan fingerprint density at radius 2 is 2.04 bits per heavy atom. The molecule has 1 N–H and O–H groups in total. The van der Waals surface area contributed by atoms with E-state index in [0.29, 0.717) is 17.1 Å². The lowest BCUT2D eigenvalue weighted by molar-refractivity contribution is 0.102. The summed E-state index contributed by atoms with van der Waals surface area (Å²) < 4.78 is 5.30. The Hall–Kier alpha value is -2.99. The van der Waals surface area contributed by atoms with Gasteiger partial charge in [-0.15, -0.1) is 16.8 Å². The maximum atomic E-state index is 12.5. The smallest absolute Gasteiger partial charge is 0.257 e. The molecule has 0 saturated carbocycles. The summed E-state index contributed by atoms with van der Waals surface area (Å²) in [5.41, 5.74) is 2.42. The number of hydrogen-bond acceptors (Lipinski definition) is 5. The molecule has 0 aliphatic carbocycles. The first-order valence-electron chi connectivity index (χ1n) is 7.69. The van der Waals surface area contributed by atoms with Gasteiger partial charge in [0.15, 0.2) is 0 Å². The summed E-state index contributed by atoms with van der Waals surface area (Å²) in [5.74, 6) is 0.502. The monoisotopic (exact) mass is 351 g/mol. The van der Waals surface area contributed by atoms with Crippen LogP contribution in [0.4, 0.5) is 5.13 Å². The van der Waals surface area contributed by atoms with Gasteiger partial charge in [0, 0.05) is 11.1 Å². The van der Waals surface area contributed by atoms with Gasteiger partial charge in [-0.05, 0) is 30.2 Å². The van der Waals surface area contributed by atoms with Crippen LogP contribution in [0, 0.1) is 0 Å². The van der Waals surface area contributed by atoms with Gasteiger partial charge in [-0.25, -0.2) is 0 Å². The normalized spacial score (nSPS) is 10.3. The SMILES string of the molecule is C=CCc1cc(C(=O)Nc2nnc(-c3ccccc3)s2)ccc1OC. The van der Waals surface area contributed by atoms with Gasteiger partial charge in [0.2, 0.25) is 5.13 Å². The van der Waals surface area contributed by atoms with Crippen molar-refractivity contribution in [1.82, 2.24) is 10.2 Å². The van der Waals surface area contributed by atoms with Crippen molar-refractivity contribution >= 4 is 22.4 Å². The first-order chi connectivity index (χ1) is 12.2. The van der Waals surface area contributed by atoms with Crippen LogP contribution in [0.3, 0.4) is 0 Å². The second kappa shape index (κ2) is 7.72. The van der Waals surface area contributed by atoms with E-state index in [-0.39, 0.29) is 5.91 Å². The highest BCUT2D eigenvalue weighted by molar-refractivity contribution is 7.18. The average Bonchev–Trinajstić information content (AvgIpc) is 3.11. The third-order valence-electron chi connectivity index (χ3n) is 3.57. The van der Waals surface area contributed by atoms with Gasteiger partial charge in [0.25, 0.3) is 5.91 Å². The number of nitrogens with zero attached hydrogens (tertiary/aromatic N) is 2. The molecule has 0 saturated heterocycles. The highest BCUT2D eigenvalue weighted by atomic mass is 32.1. The second-order valence-electron chi connectivity index (χ2n) is 5.25. The number of carbonyl (C=O) groups excluding carboxylic acids is 1. The summed E-state index contributed by atoms with van der Waals surface area (Å²) in [4.78, 5) is 12.5. The summed E-state index contributed by atoms with van der Waals surface area (Å²) in [7, 11) is 1.61. The van der Waals surface area contributed by atoms with E-state index in [2.05, 4.69) is 22.1 Å². The number of nitrogens with one attached hydrogen (secondary N) is 1. The third kappa shape index (κ3) is 3.92. The van der Waals surface area contributed by atoms with E-state index in [4.69, 9.17) is 4.74 Å². The van der Waals surface area contributed by atoms with Gasteiger partial charge in [-0.1, -0.05) is 47.7 Å². The summed E-state index contributed by atoms with van der Waals surface area (Å²) in [5, 5.41) is 12.2. The molecule has 2 aromatic carbocycles. The summed E-state index contributed by atoms with van der Waals surface area (Å²) in [6, 6.07) is 15.0. The van der Waals surface area contributed by atoms with Crippen molar-refractivity contribution in [2.24, 2.45) is 0 Å². The molecular weight excluding hydrogens is 334 g/mol. The van der Waals surface area contributed by atoms with E-state index in [0.717, 1.165) is 21.9 Å². The number of hydrogen-bond donors (Lipinski definition) is 1. The van der Waals surface area contributed by atoms with Crippen molar-refractivity contribution in [1.29, 1.82) is 0 Å². The molecule has 0 atom stereocenters. The van der Waals surface area contributed by atoms with Gasteiger partial charge in [-0.2, -0.15) is 0 Å². The van der Waals surface area contributed by atoms with Crippen molar-refractivity contribution in [3.05, 3.63) is 72.3 Å². The molecule has 6 heteroatoms. The van der Waals surface area contributed by atoms with Crippen LogP contribution in [0.15, 0.2) is 61.2 Å². The fourth-order valence-corrected chi connectivity index (χ4v) is 3.12. The van der Waals surface area contributed by atoms with Crippen molar-refractivity contribution in [2.45, 2.75) is 6.42 Å². The van der Waals surface area contributed by atoms with Crippen LogP contribution in [0.2, 0.25) is 0 Å². The Labute approximate surface area is 150 Å². The number of anilines is 1. The number of amides is 1. The number of benzene rings is 2. The molecule has 0 radical (unpaired) electrons. The maximum Gasteiger partial charge on any atom is 0.257 e. The first kappa shape index (κ1) is 16.9. The van der Waals surface area contributed by atoms with Crippen molar-refractivity contribution < 1.29 is 9.53 Å². The van der Waals surface area contributed by atoms with Crippen LogP contribution >= 0.6 is 11.3 Å². The molecule has 1 aromatic heterocycles. The second-order valence-corrected chi connectivity index (χ2v) is 6.23. The highest BCUT2D eigenvalue weighted by Crippen LogP contribution is 2.27. The fourth-order valence-electron chi connectivity index (χ4n) is 2.38. The number of methoxy groups -OCH3 is 1. The number of aromatic nitrogens is 2. The molecule has 0 spiro atoms. The van der Waals surface area contributed by atoms with E-state index in [1.807, 2.05) is 30.3 Å². The highest BCUT2D eigenvalue weighted by Gasteiger charge is 2.13. The van der Waals surface area contributed by atoms with Crippen LogP contribution in [0.1, 0.15) is 15.9 Å². The number of allylic oxidation sites excluding steroid dienone is 1. The third-order valence-corrected chi connectivity index (χ3v) is 4.46. The molecule has 25 heavy (non-hydrogen) atoms. The zero-order valence-corrected chi connectivity index (χ0v) is 14.5. The van der Waals surface area contributed by atoms with E-state index >= 15 is 0 Å². The van der Waals surface area contributed by atoms with Gasteiger partial charge in [-0.3, -0.25) is 10.1 Å². The molecule has 0 aliphatic rings. The minimum absolute atomic E-state index is 0.233. The zero-order valence-electron chi connectivity index (χ0n) is 13.7. The molecule has 0 bridgehead atoms. The standard InChI is InChI=1S/C19H17N3O2S/c1-3-7-14-12-15(10-11-16(14)24-2)17(23)20-19-22-21-18(25-19)13-8-5-4-6-9-13/h3-6,8-12H,1,7H2,2H3,(H,20,22,23). The van der Waals surface area contributed by atoms with Crippen molar-refractivity contribution in [2.75, 3.05) is 12.4 Å². The zero-order chi connectivity index (χ0) is 17.6. The molecular formula is C19H17N3O2S. The Morgan fingerprint density at radius 3 is 2.76 bits per heavy atom. The fraction of sp³-hybridized carbons (Fsp3) is 0.105. The molecule has 5 nitrogen and oxygen atoms in total. The van der Waals surface area contributed by atoms with Crippen LogP contribution in [0.25, 0.3) is 10.6 Å². The van der Waals surface area contributed by atoms with Crippen LogP contribution < -0.4 is 10.1 Å². The Kier molecular flexibility index (Phi) is 5.20. The minimum Gasteiger partial charge on any atom is -0.496 e. The molecule has 126 valence electrons. The molecule has 1 amide bonds. The van der Waals surface area contributed by atoms with Crippen LogP contribution in [-0.2, 0) is 6.42 Å². The Morgan fingerprint density at radius 1 is 1.24 bits per heavy atom. The summed E-state index contributed by atoms with van der Waals surface area (Å²) in [6.45, 7) is 3.73. The van der Waals surface area contributed by atoms with Crippen LogP contribution in [0.5, 0.6) is 5.75 Å². The van der Waals surface area contributed by atoms with Gasteiger partial charge in [0.05, 0.1) is 7.11 Å². The number of carbonyl (C=O) groups is 1. The van der Waals surface area contributed by atoms with Crippen molar-refractivity contribution in [3.8, 4) is 16.3 Å². The molecule has 0 aliphatic heterocycles. The lowest BCUT2D eigenvalue weighted by Crippen LogP contribution is -2.12. The molecule has 3 aromatic rings.